The van der Waals surface area contributed by atoms with Gasteiger partial charge in [-0.1, -0.05) is 70.5 Å². The van der Waals surface area contributed by atoms with E-state index in [-0.39, 0.29) is 0 Å². The van der Waals surface area contributed by atoms with E-state index in [0.29, 0.717) is 0 Å². The summed E-state index contributed by atoms with van der Waals surface area (Å²) >= 11 is 3.71. The third-order valence-corrected chi connectivity index (χ3v) is 5.92. The van der Waals surface area contributed by atoms with Gasteiger partial charge in [-0.05, 0) is 18.2 Å². The number of benzene rings is 3. The van der Waals surface area contributed by atoms with Gasteiger partial charge in [0.15, 0.2) is 0 Å². The number of hydrogen-bond acceptors (Lipinski definition) is 1. The molecular formula is C23H14BrN3. The normalized spacial score (nSPS) is 11.9. The number of hydrogen-bond donors (Lipinski definition) is 2. The van der Waals surface area contributed by atoms with E-state index in [1.165, 1.54) is 10.8 Å². The van der Waals surface area contributed by atoms with E-state index in [4.69, 9.17) is 4.98 Å². The summed E-state index contributed by atoms with van der Waals surface area (Å²) in [6.07, 6.45) is 0. The highest BCUT2D eigenvalue weighted by Crippen LogP contribution is 2.40. The van der Waals surface area contributed by atoms with E-state index in [1.807, 2.05) is 6.07 Å². The van der Waals surface area contributed by atoms with Crippen LogP contribution in [0.4, 0.5) is 0 Å². The number of halogens is 1. The van der Waals surface area contributed by atoms with Gasteiger partial charge in [0.2, 0.25) is 0 Å². The molecule has 0 aliphatic heterocycles. The first-order chi connectivity index (χ1) is 13.3. The third kappa shape index (κ3) is 2.04. The molecule has 6 aromatic rings. The fourth-order valence-electron chi connectivity index (χ4n) is 4.02. The Morgan fingerprint density at radius 2 is 1.30 bits per heavy atom. The first-order valence-electron chi connectivity index (χ1n) is 8.87. The fraction of sp³-hybridized carbons (Fsp3) is 0. The largest absolute Gasteiger partial charge is 0.353 e. The van der Waals surface area contributed by atoms with Gasteiger partial charge in [0.05, 0.1) is 22.2 Å². The number of aromatic nitrogens is 3. The van der Waals surface area contributed by atoms with Crippen LogP contribution in [0, 0.1) is 0 Å². The fourth-order valence-corrected chi connectivity index (χ4v) is 4.49. The molecular weight excluding hydrogens is 398 g/mol. The van der Waals surface area contributed by atoms with Crippen LogP contribution < -0.4 is 0 Å². The van der Waals surface area contributed by atoms with Gasteiger partial charge in [-0.2, -0.15) is 0 Å². The number of pyridine rings is 1. The summed E-state index contributed by atoms with van der Waals surface area (Å²) in [7, 11) is 0. The predicted molar refractivity (Wildman–Crippen MR) is 116 cm³/mol. The number of nitrogens with zero attached hydrogens (tertiary/aromatic N) is 1. The van der Waals surface area contributed by atoms with Crippen LogP contribution in [-0.4, -0.2) is 15.0 Å². The van der Waals surface area contributed by atoms with Gasteiger partial charge in [-0.15, -0.1) is 0 Å². The van der Waals surface area contributed by atoms with Gasteiger partial charge in [-0.25, -0.2) is 4.98 Å². The Morgan fingerprint density at radius 3 is 2.11 bits per heavy atom. The van der Waals surface area contributed by atoms with E-state index >= 15 is 0 Å². The predicted octanol–water partition coefficient (Wildman–Crippen LogP) is 6.78. The highest BCUT2D eigenvalue weighted by Gasteiger charge is 2.19. The van der Waals surface area contributed by atoms with Crippen LogP contribution in [0.5, 0.6) is 0 Å². The Balaban J connectivity index is 1.92. The van der Waals surface area contributed by atoms with Gasteiger partial charge in [0.25, 0.3) is 0 Å². The van der Waals surface area contributed by atoms with Crippen LogP contribution in [0.25, 0.3) is 55.0 Å². The summed E-state index contributed by atoms with van der Waals surface area (Å²) in [5.41, 5.74) is 7.42. The summed E-state index contributed by atoms with van der Waals surface area (Å²) in [5, 5.41) is 3.55. The average molecular weight is 412 g/mol. The first-order valence-corrected chi connectivity index (χ1v) is 9.66. The van der Waals surface area contributed by atoms with Crippen LogP contribution in [0.15, 0.2) is 77.3 Å². The lowest BCUT2D eigenvalue weighted by atomic mass is 10.1. The van der Waals surface area contributed by atoms with Crippen molar-refractivity contribution in [1.82, 2.24) is 15.0 Å². The Morgan fingerprint density at radius 1 is 0.667 bits per heavy atom. The minimum Gasteiger partial charge on any atom is -0.353 e. The van der Waals surface area contributed by atoms with Crippen molar-refractivity contribution in [3.63, 3.8) is 0 Å². The molecule has 128 valence electrons. The maximum Gasteiger partial charge on any atom is 0.0973 e. The van der Waals surface area contributed by atoms with Gasteiger partial charge in [-0.3, -0.25) is 0 Å². The molecule has 0 aliphatic carbocycles. The molecule has 0 saturated heterocycles. The van der Waals surface area contributed by atoms with Crippen LogP contribution in [0.1, 0.15) is 0 Å². The molecule has 6 rings (SSSR count). The Hall–Kier alpha value is -3.11. The number of para-hydroxylation sites is 2. The lowest BCUT2D eigenvalue weighted by Gasteiger charge is -2.07. The summed E-state index contributed by atoms with van der Waals surface area (Å²) < 4.78 is 1.04. The minimum absolute atomic E-state index is 0.964. The van der Waals surface area contributed by atoms with Crippen LogP contribution in [0.2, 0.25) is 0 Å². The SMILES string of the molecule is Brc1ccccc1-c1nc2c3ccccc3[nH]c2c2c1[nH]c1ccccc12. The maximum atomic E-state index is 5.13. The van der Waals surface area contributed by atoms with Crippen molar-refractivity contribution in [2.75, 3.05) is 0 Å². The molecule has 0 amide bonds. The van der Waals surface area contributed by atoms with Crippen molar-refractivity contribution in [2.45, 2.75) is 0 Å². The Labute approximate surface area is 163 Å². The van der Waals surface area contributed by atoms with E-state index in [2.05, 4.69) is 92.6 Å². The van der Waals surface area contributed by atoms with Crippen molar-refractivity contribution in [3.8, 4) is 11.3 Å². The summed E-state index contributed by atoms with van der Waals surface area (Å²) in [4.78, 5) is 12.3. The van der Waals surface area contributed by atoms with E-state index in [9.17, 15) is 0 Å². The zero-order chi connectivity index (χ0) is 18.0. The van der Waals surface area contributed by atoms with E-state index < -0.39 is 0 Å². The Bertz CT molecular complexity index is 1490. The number of fused-ring (bicyclic) bond motifs is 7. The summed E-state index contributed by atoms with van der Waals surface area (Å²) in [5.74, 6) is 0. The lowest BCUT2D eigenvalue weighted by molar-refractivity contribution is 1.40. The molecule has 0 aliphatic rings. The molecule has 3 aromatic carbocycles. The smallest absolute Gasteiger partial charge is 0.0973 e. The summed E-state index contributed by atoms with van der Waals surface area (Å²) in [6.45, 7) is 0. The number of rotatable bonds is 1. The number of H-pyrrole nitrogens is 2. The zero-order valence-corrected chi connectivity index (χ0v) is 15.8. The quantitative estimate of drug-likeness (QED) is 0.307. The monoisotopic (exact) mass is 411 g/mol. The summed E-state index contributed by atoms with van der Waals surface area (Å²) in [6, 6.07) is 25.0. The maximum absolute atomic E-state index is 5.13. The molecule has 3 nitrogen and oxygen atoms in total. The minimum atomic E-state index is 0.964. The van der Waals surface area contributed by atoms with Crippen molar-refractivity contribution in [2.24, 2.45) is 0 Å². The lowest BCUT2D eigenvalue weighted by Crippen LogP contribution is -1.89. The van der Waals surface area contributed by atoms with Crippen molar-refractivity contribution in [3.05, 3.63) is 77.3 Å². The highest BCUT2D eigenvalue weighted by atomic mass is 79.9. The topological polar surface area (TPSA) is 44.5 Å². The van der Waals surface area contributed by atoms with Crippen LogP contribution >= 0.6 is 15.9 Å². The van der Waals surface area contributed by atoms with Crippen molar-refractivity contribution in [1.29, 1.82) is 0 Å². The van der Waals surface area contributed by atoms with Gasteiger partial charge in [0, 0.05) is 37.2 Å². The third-order valence-electron chi connectivity index (χ3n) is 5.22. The molecule has 0 bridgehead atoms. The molecule has 0 radical (unpaired) electrons. The second-order valence-corrected chi connectivity index (χ2v) is 7.61. The molecule has 0 unspecified atom stereocenters. The van der Waals surface area contributed by atoms with Crippen LogP contribution in [0.3, 0.4) is 0 Å². The number of aromatic amines is 2. The second-order valence-electron chi connectivity index (χ2n) is 6.76. The molecule has 0 saturated carbocycles. The van der Waals surface area contributed by atoms with E-state index in [0.717, 1.165) is 48.7 Å². The van der Waals surface area contributed by atoms with Crippen molar-refractivity contribution >= 4 is 59.7 Å². The molecule has 3 heterocycles. The average Bonchev–Trinajstić information content (AvgIpc) is 3.26. The first kappa shape index (κ1) is 15.0. The van der Waals surface area contributed by atoms with Crippen LogP contribution in [-0.2, 0) is 0 Å². The zero-order valence-electron chi connectivity index (χ0n) is 14.3. The number of nitrogens with one attached hydrogen (secondary N) is 2. The Kier molecular flexibility index (Phi) is 3.02. The standard InChI is InChI=1S/C23H14BrN3/c24-16-10-4-1-7-13(16)20-22-19(14-8-2-5-11-17(14)25-22)23-21(27-20)15-9-3-6-12-18(15)26-23/h1-12,25-26H. The molecule has 3 aromatic heterocycles. The molecule has 0 spiro atoms. The van der Waals surface area contributed by atoms with Gasteiger partial charge >= 0.3 is 0 Å². The van der Waals surface area contributed by atoms with E-state index in [1.54, 1.807) is 0 Å². The molecule has 4 heteroatoms. The van der Waals surface area contributed by atoms with Crippen molar-refractivity contribution < 1.29 is 0 Å². The molecule has 2 N–H and O–H groups in total. The molecule has 27 heavy (non-hydrogen) atoms. The van der Waals surface area contributed by atoms with Gasteiger partial charge < -0.3 is 9.97 Å². The second kappa shape index (κ2) is 5.44. The molecule has 0 fully saturated rings. The molecule has 0 atom stereocenters. The highest BCUT2D eigenvalue weighted by molar-refractivity contribution is 9.10. The van der Waals surface area contributed by atoms with Gasteiger partial charge in [0.1, 0.15) is 0 Å².